The molecule has 1 amide bonds. The molecule has 1 rings (SSSR count). The summed E-state index contributed by atoms with van der Waals surface area (Å²) in [6.07, 6.45) is -0.396. The van der Waals surface area contributed by atoms with Crippen molar-refractivity contribution in [3.63, 3.8) is 0 Å². The van der Waals surface area contributed by atoms with Gasteiger partial charge < -0.3 is 9.84 Å². The van der Waals surface area contributed by atoms with E-state index < -0.39 is 23.7 Å². The van der Waals surface area contributed by atoms with E-state index in [0.717, 1.165) is 10.5 Å². The van der Waals surface area contributed by atoms with Crippen molar-refractivity contribution in [2.75, 3.05) is 7.05 Å². The Kier molecular flexibility index (Phi) is 5.13. The Morgan fingerprint density at radius 3 is 2.25 bits per heavy atom. The molecule has 1 N–H and O–H groups in total. The molecule has 5 nitrogen and oxygen atoms in total. The SMILES string of the molecule is CN(C(=O)OC(C)(C)C)C(Cc1ccccc1)C(=O)O. The lowest BCUT2D eigenvalue weighted by Gasteiger charge is -2.28. The van der Waals surface area contributed by atoms with E-state index in [2.05, 4.69) is 0 Å². The Morgan fingerprint density at radius 2 is 1.80 bits per heavy atom. The number of rotatable bonds is 4. The summed E-state index contributed by atoms with van der Waals surface area (Å²) >= 11 is 0. The van der Waals surface area contributed by atoms with Crippen LogP contribution >= 0.6 is 0 Å². The van der Waals surface area contributed by atoms with Crippen molar-refractivity contribution in [1.82, 2.24) is 4.90 Å². The third-order valence-corrected chi connectivity index (χ3v) is 2.71. The molecule has 0 saturated heterocycles. The van der Waals surface area contributed by atoms with E-state index in [0.29, 0.717) is 0 Å². The van der Waals surface area contributed by atoms with Crippen molar-refractivity contribution in [3.8, 4) is 0 Å². The molecular formula is C15H21NO4. The molecule has 110 valence electrons. The number of nitrogens with zero attached hydrogens (tertiary/aromatic N) is 1. The number of hydrogen-bond acceptors (Lipinski definition) is 3. The predicted molar refractivity (Wildman–Crippen MR) is 75.6 cm³/mol. The summed E-state index contributed by atoms with van der Waals surface area (Å²) in [5.74, 6) is -1.05. The number of carboxylic acid groups (broad SMARTS) is 1. The number of ether oxygens (including phenoxy) is 1. The first-order valence-corrected chi connectivity index (χ1v) is 6.43. The number of aliphatic carboxylic acids is 1. The molecule has 1 aromatic carbocycles. The second kappa shape index (κ2) is 6.41. The zero-order valence-electron chi connectivity index (χ0n) is 12.3. The average molecular weight is 279 g/mol. The monoisotopic (exact) mass is 279 g/mol. The fourth-order valence-corrected chi connectivity index (χ4v) is 1.69. The second-order valence-electron chi connectivity index (χ2n) is 5.64. The summed E-state index contributed by atoms with van der Waals surface area (Å²) in [6, 6.07) is 8.24. The van der Waals surface area contributed by atoms with Gasteiger partial charge in [-0.15, -0.1) is 0 Å². The van der Waals surface area contributed by atoms with Crippen LogP contribution in [0.15, 0.2) is 30.3 Å². The first-order chi connectivity index (χ1) is 9.20. The summed E-state index contributed by atoms with van der Waals surface area (Å²) in [5, 5.41) is 9.30. The van der Waals surface area contributed by atoms with Crippen molar-refractivity contribution in [2.24, 2.45) is 0 Å². The van der Waals surface area contributed by atoms with Crippen LogP contribution in [0.5, 0.6) is 0 Å². The van der Waals surface area contributed by atoms with Crippen LogP contribution in [0, 0.1) is 0 Å². The lowest BCUT2D eigenvalue weighted by molar-refractivity contribution is -0.142. The minimum absolute atomic E-state index is 0.242. The Balaban J connectivity index is 2.81. The summed E-state index contributed by atoms with van der Waals surface area (Å²) in [5.41, 5.74) is 0.205. The van der Waals surface area contributed by atoms with Gasteiger partial charge in [0.2, 0.25) is 0 Å². The highest BCUT2D eigenvalue weighted by Gasteiger charge is 2.30. The van der Waals surface area contributed by atoms with Crippen LogP contribution in [-0.4, -0.2) is 40.8 Å². The Labute approximate surface area is 119 Å². The molecular weight excluding hydrogens is 258 g/mol. The van der Waals surface area contributed by atoms with Crippen LogP contribution < -0.4 is 0 Å². The number of benzene rings is 1. The van der Waals surface area contributed by atoms with Gasteiger partial charge in [0.1, 0.15) is 11.6 Å². The molecule has 0 spiro atoms. The van der Waals surface area contributed by atoms with E-state index in [1.54, 1.807) is 20.8 Å². The largest absolute Gasteiger partial charge is 0.480 e. The van der Waals surface area contributed by atoms with Crippen molar-refractivity contribution in [2.45, 2.75) is 38.8 Å². The zero-order chi connectivity index (χ0) is 15.3. The maximum absolute atomic E-state index is 11.9. The Morgan fingerprint density at radius 1 is 1.25 bits per heavy atom. The topological polar surface area (TPSA) is 66.8 Å². The minimum atomic E-state index is -1.05. The van der Waals surface area contributed by atoms with Gasteiger partial charge in [0.05, 0.1) is 0 Å². The summed E-state index contributed by atoms with van der Waals surface area (Å²) < 4.78 is 5.19. The minimum Gasteiger partial charge on any atom is -0.480 e. The quantitative estimate of drug-likeness (QED) is 0.919. The first kappa shape index (κ1) is 16.0. The standard InChI is InChI=1S/C15H21NO4/c1-15(2,3)20-14(19)16(4)12(13(17)18)10-11-8-6-5-7-9-11/h5-9,12H,10H2,1-4H3,(H,17,18). The van der Waals surface area contributed by atoms with Gasteiger partial charge in [-0.05, 0) is 26.3 Å². The normalized spacial score (nSPS) is 12.6. The highest BCUT2D eigenvalue weighted by molar-refractivity contribution is 5.80. The molecule has 1 atom stereocenters. The summed E-state index contributed by atoms with van der Waals surface area (Å²) in [7, 11) is 1.44. The third kappa shape index (κ3) is 4.91. The molecule has 0 aromatic heterocycles. The number of amides is 1. The van der Waals surface area contributed by atoms with Crippen LogP contribution in [0.1, 0.15) is 26.3 Å². The van der Waals surface area contributed by atoms with Crippen LogP contribution in [-0.2, 0) is 16.0 Å². The fraction of sp³-hybridized carbons (Fsp3) is 0.467. The van der Waals surface area contributed by atoms with Gasteiger partial charge in [0, 0.05) is 13.5 Å². The van der Waals surface area contributed by atoms with Crippen LogP contribution in [0.25, 0.3) is 0 Å². The van der Waals surface area contributed by atoms with Crippen molar-refractivity contribution >= 4 is 12.1 Å². The molecule has 0 fully saturated rings. The maximum atomic E-state index is 11.9. The molecule has 1 aromatic rings. The van der Waals surface area contributed by atoms with E-state index in [4.69, 9.17) is 4.74 Å². The second-order valence-corrected chi connectivity index (χ2v) is 5.64. The highest BCUT2D eigenvalue weighted by Crippen LogP contribution is 2.13. The van der Waals surface area contributed by atoms with Crippen molar-refractivity contribution in [3.05, 3.63) is 35.9 Å². The molecule has 0 bridgehead atoms. The molecule has 20 heavy (non-hydrogen) atoms. The van der Waals surface area contributed by atoms with Gasteiger partial charge in [-0.3, -0.25) is 4.90 Å². The summed E-state index contributed by atoms with van der Waals surface area (Å²) in [4.78, 5) is 24.4. The number of hydrogen-bond donors (Lipinski definition) is 1. The molecule has 5 heteroatoms. The van der Waals surface area contributed by atoms with Gasteiger partial charge in [-0.1, -0.05) is 30.3 Å². The lowest BCUT2D eigenvalue weighted by atomic mass is 10.1. The van der Waals surface area contributed by atoms with Crippen LogP contribution in [0.4, 0.5) is 4.79 Å². The molecule has 1 unspecified atom stereocenters. The van der Waals surface area contributed by atoms with E-state index >= 15 is 0 Å². The molecule has 0 radical (unpaired) electrons. The number of carbonyl (C=O) groups is 2. The Hall–Kier alpha value is -2.04. The average Bonchev–Trinajstić information content (AvgIpc) is 2.34. The molecule has 0 saturated carbocycles. The molecule has 0 heterocycles. The third-order valence-electron chi connectivity index (χ3n) is 2.71. The predicted octanol–water partition coefficient (Wildman–Crippen LogP) is 2.55. The van der Waals surface area contributed by atoms with Gasteiger partial charge in [-0.2, -0.15) is 0 Å². The lowest BCUT2D eigenvalue weighted by Crippen LogP contribution is -2.46. The van der Waals surface area contributed by atoms with E-state index in [-0.39, 0.29) is 6.42 Å². The van der Waals surface area contributed by atoms with E-state index in [9.17, 15) is 14.7 Å². The molecule has 0 aliphatic heterocycles. The maximum Gasteiger partial charge on any atom is 0.410 e. The van der Waals surface area contributed by atoms with Crippen molar-refractivity contribution in [1.29, 1.82) is 0 Å². The van der Waals surface area contributed by atoms with Gasteiger partial charge >= 0.3 is 12.1 Å². The number of likely N-dealkylation sites (N-methyl/N-ethyl adjacent to an activating group) is 1. The van der Waals surface area contributed by atoms with Gasteiger partial charge in [0.25, 0.3) is 0 Å². The molecule has 0 aliphatic carbocycles. The molecule has 0 aliphatic rings. The van der Waals surface area contributed by atoms with Crippen LogP contribution in [0.3, 0.4) is 0 Å². The van der Waals surface area contributed by atoms with E-state index in [1.165, 1.54) is 7.05 Å². The fourth-order valence-electron chi connectivity index (χ4n) is 1.69. The smallest absolute Gasteiger partial charge is 0.410 e. The highest BCUT2D eigenvalue weighted by atomic mass is 16.6. The van der Waals surface area contributed by atoms with Crippen molar-refractivity contribution < 1.29 is 19.4 Å². The van der Waals surface area contributed by atoms with Crippen LogP contribution in [0.2, 0.25) is 0 Å². The number of carboxylic acids is 1. The first-order valence-electron chi connectivity index (χ1n) is 6.43. The Bertz CT molecular complexity index is 465. The number of carbonyl (C=O) groups excluding carboxylic acids is 1. The summed E-state index contributed by atoms with van der Waals surface area (Å²) in [6.45, 7) is 5.23. The zero-order valence-corrected chi connectivity index (χ0v) is 12.3. The van der Waals surface area contributed by atoms with E-state index in [1.807, 2.05) is 30.3 Å². The van der Waals surface area contributed by atoms with Gasteiger partial charge in [-0.25, -0.2) is 9.59 Å². The van der Waals surface area contributed by atoms with Gasteiger partial charge in [0.15, 0.2) is 0 Å².